The number of hydrogen-bond donors (Lipinski definition) is 0. The van der Waals surface area contributed by atoms with Crippen LogP contribution in [0.1, 0.15) is 19.3 Å². The van der Waals surface area contributed by atoms with Gasteiger partial charge >= 0.3 is 0 Å². The van der Waals surface area contributed by atoms with Gasteiger partial charge in [-0.2, -0.15) is 0 Å². The SMILES string of the molecule is CS(=O)CCCCC1OCCO1. The summed E-state index contributed by atoms with van der Waals surface area (Å²) in [5.74, 6) is 0.798. The molecule has 0 saturated carbocycles. The van der Waals surface area contributed by atoms with Gasteiger partial charge in [-0.25, -0.2) is 0 Å². The molecule has 4 heteroatoms. The Hall–Kier alpha value is 0.0700. The zero-order valence-electron chi connectivity index (χ0n) is 7.45. The molecular formula is C8H16O3S. The largest absolute Gasteiger partial charge is 0.350 e. The summed E-state index contributed by atoms with van der Waals surface area (Å²) in [4.78, 5) is 0. The summed E-state index contributed by atoms with van der Waals surface area (Å²) >= 11 is 0. The fourth-order valence-electron chi connectivity index (χ4n) is 1.19. The Labute approximate surface area is 75.9 Å². The fraction of sp³-hybridized carbons (Fsp3) is 1.00. The number of hydrogen-bond acceptors (Lipinski definition) is 3. The number of unbranched alkanes of at least 4 members (excludes halogenated alkanes) is 1. The van der Waals surface area contributed by atoms with E-state index in [0.29, 0.717) is 0 Å². The highest BCUT2D eigenvalue weighted by Crippen LogP contribution is 2.11. The molecule has 0 N–H and O–H groups in total. The topological polar surface area (TPSA) is 35.5 Å². The van der Waals surface area contributed by atoms with Gasteiger partial charge in [-0.3, -0.25) is 4.21 Å². The van der Waals surface area contributed by atoms with Gasteiger partial charge in [0.25, 0.3) is 0 Å². The summed E-state index contributed by atoms with van der Waals surface area (Å²) in [6, 6.07) is 0. The average molecular weight is 192 g/mol. The first-order valence-corrected chi connectivity index (χ1v) is 6.05. The van der Waals surface area contributed by atoms with Crippen molar-refractivity contribution in [3.05, 3.63) is 0 Å². The molecule has 0 aliphatic carbocycles. The van der Waals surface area contributed by atoms with Crippen molar-refractivity contribution in [2.75, 3.05) is 25.2 Å². The minimum Gasteiger partial charge on any atom is -0.350 e. The quantitative estimate of drug-likeness (QED) is 0.607. The van der Waals surface area contributed by atoms with Crippen LogP contribution in [-0.2, 0) is 20.3 Å². The highest BCUT2D eigenvalue weighted by Gasteiger charge is 2.14. The minimum absolute atomic E-state index is 0.00953. The van der Waals surface area contributed by atoms with E-state index in [4.69, 9.17) is 9.47 Å². The second kappa shape index (κ2) is 5.67. The van der Waals surface area contributed by atoms with Gasteiger partial charge in [0, 0.05) is 22.8 Å². The van der Waals surface area contributed by atoms with E-state index in [1.807, 2.05) is 0 Å². The highest BCUT2D eigenvalue weighted by molar-refractivity contribution is 7.84. The lowest BCUT2D eigenvalue weighted by Crippen LogP contribution is -2.07. The molecule has 1 aliphatic rings. The zero-order valence-corrected chi connectivity index (χ0v) is 8.27. The van der Waals surface area contributed by atoms with Crippen molar-refractivity contribution < 1.29 is 13.7 Å². The third kappa shape index (κ3) is 4.18. The zero-order chi connectivity index (χ0) is 8.81. The van der Waals surface area contributed by atoms with Gasteiger partial charge in [0.15, 0.2) is 6.29 Å². The molecule has 0 spiro atoms. The maximum Gasteiger partial charge on any atom is 0.157 e. The van der Waals surface area contributed by atoms with Gasteiger partial charge in [-0.1, -0.05) is 0 Å². The van der Waals surface area contributed by atoms with Crippen LogP contribution in [0.25, 0.3) is 0 Å². The molecule has 0 amide bonds. The third-order valence-corrected chi connectivity index (χ3v) is 2.68. The van der Waals surface area contributed by atoms with E-state index in [9.17, 15) is 4.21 Å². The monoisotopic (exact) mass is 192 g/mol. The van der Waals surface area contributed by atoms with Gasteiger partial charge < -0.3 is 9.47 Å². The van der Waals surface area contributed by atoms with Crippen molar-refractivity contribution in [3.8, 4) is 0 Å². The molecule has 1 atom stereocenters. The van der Waals surface area contributed by atoms with E-state index < -0.39 is 10.8 Å². The van der Waals surface area contributed by atoms with E-state index in [1.54, 1.807) is 6.26 Å². The summed E-state index contributed by atoms with van der Waals surface area (Å²) in [6.45, 7) is 1.45. The lowest BCUT2D eigenvalue weighted by molar-refractivity contribution is -0.0477. The lowest BCUT2D eigenvalue weighted by Gasteiger charge is -2.07. The number of ether oxygens (including phenoxy) is 2. The minimum atomic E-state index is -0.650. The van der Waals surface area contributed by atoms with Crippen molar-refractivity contribution in [1.82, 2.24) is 0 Å². The van der Waals surface area contributed by atoms with Gasteiger partial charge in [0.05, 0.1) is 13.2 Å². The molecule has 0 radical (unpaired) electrons. The predicted octanol–water partition coefficient (Wildman–Crippen LogP) is 0.908. The van der Waals surface area contributed by atoms with Crippen molar-refractivity contribution >= 4 is 10.8 Å². The molecule has 1 heterocycles. The predicted molar refractivity (Wildman–Crippen MR) is 48.5 cm³/mol. The molecule has 0 aromatic carbocycles. The Morgan fingerprint density at radius 1 is 1.33 bits per heavy atom. The standard InChI is InChI=1S/C8H16O3S/c1-12(9)7-3-2-4-8-10-5-6-11-8/h8H,2-7H2,1H3. The molecule has 0 aromatic heterocycles. The Morgan fingerprint density at radius 2 is 2.00 bits per heavy atom. The van der Waals surface area contributed by atoms with E-state index in [1.165, 1.54) is 0 Å². The molecule has 1 unspecified atom stereocenters. The normalized spacial score (nSPS) is 21.4. The Kier molecular flexibility index (Phi) is 4.80. The lowest BCUT2D eigenvalue weighted by atomic mass is 10.2. The van der Waals surface area contributed by atoms with Crippen molar-refractivity contribution in [1.29, 1.82) is 0 Å². The van der Waals surface area contributed by atoms with Crippen molar-refractivity contribution in [3.63, 3.8) is 0 Å². The molecule has 1 saturated heterocycles. The van der Waals surface area contributed by atoms with Crippen LogP contribution in [-0.4, -0.2) is 35.7 Å². The summed E-state index contributed by atoms with van der Waals surface area (Å²) in [6.07, 6.45) is 4.74. The van der Waals surface area contributed by atoms with Crippen LogP contribution in [0.5, 0.6) is 0 Å². The smallest absolute Gasteiger partial charge is 0.157 e. The van der Waals surface area contributed by atoms with Gasteiger partial charge in [-0.15, -0.1) is 0 Å². The first kappa shape index (κ1) is 10.2. The second-order valence-electron chi connectivity index (χ2n) is 2.94. The van der Waals surface area contributed by atoms with Crippen LogP contribution >= 0.6 is 0 Å². The Morgan fingerprint density at radius 3 is 2.58 bits per heavy atom. The Balaban J connectivity index is 1.91. The molecule has 0 bridgehead atoms. The average Bonchev–Trinajstić information content (AvgIpc) is 2.49. The molecule has 1 fully saturated rings. The van der Waals surface area contributed by atoms with Crippen LogP contribution in [0.3, 0.4) is 0 Å². The molecule has 1 aliphatic heterocycles. The van der Waals surface area contributed by atoms with Crippen LogP contribution in [0.15, 0.2) is 0 Å². The molecule has 0 aromatic rings. The van der Waals surface area contributed by atoms with Crippen molar-refractivity contribution in [2.45, 2.75) is 25.6 Å². The molecular weight excluding hydrogens is 176 g/mol. The highest BCUT2D eigenvalue weighted by atomic mass is 32.2. The van der Waals surface area contributed by atoms with Crippen LogP contribution < -0.4 is 0 Å². The van der Waals surface area contributed by atoms with Crippen LogP contribution in [0, 0.1) is 0 Å². The first-order chi connectivity index (χ1) is 5.79. The summed E-state index contributed by atoms with van der Waals surface area (Å²) in [5, 5.41) is 0. The van der Waals surface area contributed by atoms with E-state index >= 15 is 0 Å². The Bertz CT molecular complexity index is 143. The van der Waals surface area contributed by atoms with Crippen LogP contribution in [0.2, 0.25) is 0 Å². The van der Waals surface area contributed by atoms with Gasteiger partial charge in [-0.05, 0) is 19.3 Å². The summed E-state index contributed by atoms with van der Waals surface area (Å²) < 4.78 is 21.2. The first-order valence-electron chi connectivity index (χ1n) is 4.32. The maximum atomic E-state index is 10.7. The molecule has 72 valence electrons. The van der Waals surface area contributed by atoms with Crippen LogP contribution in [0.4, 0.5) is 0 Å². The van der Waals surface area contributed by atoms with E-state index in [-0.39, 0.29) is 6.29 Å². The third-order valence-electron chi connectivity index (χ3n) is 1.81. The number of rotatable bonds is 5. The van der Waals surface area contributed by atoms with E-state index in [2.05, 4.69) is 0 Å². The van der Waals surface area contributed by atoms with Crippen molar-refractivity contribution in [2.24, 2.45) is 0 Å². The fourth-order valence-corrected chi connectivity index (χ4v) is 1.80. The summed E-state index contributed by atoms with van der Waals surface area (Å²) in [5.41, 5.74) is 0. The maximum absolute atomic E-state index is 10.7. The van der Waals surface area contributed by atoms with E-state index in [0.717, 1.165) is 38.2 Å². The molecule has 3 nitrogen and oxygen atoms in total. The summed E-state index contributed by atoms with van der Waals surface area (Å²) in [7, 11) is -0.650. The molecule has 1 rings (SSSR count). The second-order valence-corrected chi connectivity index (χ2v) is 4.50. The molecule has 12 heavy (non-hydrogen) atoms. The van der Waals surface area contributed by atoms with Gasteiger partial charge in [0.2, 0.25) is 0 Å². The van der Waals surface area contributed by atoms with Gasteiger partial charge in [0.1, 0.15) is 0 Å².